The Kier molecular flexibility index (Phi) is 4.03. The predicted octanol–water partition coefficient (Wildman–Crippen LogP) is 0.775. The van der Waals surface area contributed by atoms with Crippen molar-refractivity contribution >= 4 is 22.8 Å². The van der Waals surface area contributed by atoms with Gasteiger partial charge < -0.3 is 11.1 Å². The Balaban J connectivity index is 1.86. The quantitative estimate of drug-likeness (QED) is 0.828. The third-order valence-electron chi connectivity index (χ3n) is 2.45. The molecule has 1 saturated heterocycles. The molecule has 5 heteroatoms. The highest BCUT2D eigenvalue weighted by molar-refractivity contribution is 8.14. The first kappa shape index (κ1) is 12.0. The number of benzene rings is 1. The average molecular weight is 249 g/mol. The maximum absolute atomic E-state index is 10.6. The molecule has 1 aromatic carbocycles. The van der Waals surface area contributed by atoms with Crippen molar-refractivity contribution in [2.24, 2.45) is 10.7 Å². The summed E-state index contributed by atoms with van der Waals surface area (Å²) in [6.07, 6.45) is 0.976. The lowest BCUT2D eigenvalue weighted by Crippen LogP contribution is -2.29. The Morgan fingerprint density at radius 2 is 2.24 bits per heavy atom. The van der Waals surface area contributed by atoms with E-state index in [1.54, 1.807) is 11.8 Å². The summed E-state index contributed by atoms with van der Waals surface area (Å²) >= 11 is 1.64. The van der Waals surface area contributed by atoms with Gasteiger partial charge >= 0.3 is 0 Å². The molecule has 1 unspecified atom stereocenters. The van der Waals surface area contributed by atoms with Crippen LogP contribution in [0.25, 0.3) is 0 Å². The Morgan fingerprint density at radius 1 is 1.47 bits per heavy atom. The van der Waals surface area contributed by atoms with Crippen LogP contribution in [0.2, 0.25) is 0 Å². The van der Waals surface area contributed by atoms with Gasteiger partial charge in [-0.3, -0.25) is 9.79 Å². The van der Waals surface area contributed by atoms with Crippen LogP contribution in [0, 0.1) is 0 Å². The molecule has 0 aliphatic carbocycles. The first-order valence-corrected chi connectivity index (χ1v) is 6.48. The molecule has 1 amide bonds. The number of amides is 1. The summed E-state index contributed by atoms with van der Waals surface area (Å²) in [6, 6.07) is 10.7. The van der Waals surface area contributed by atoms with Gasteiger partial charge in [0.1, 0.15) is 6.54 Å². The molecule has 1 heterocycles. The highest BCUT2D eigenvalue weighted by Crippen LogP contribution is 2.17. The summed E-state index contributed by atoms with van der Waals surface area (Å²) in [4.78, 5) is 14.7. The molecule has 1 fully saturated rings. The minimum atomic E-state index is -0.397. The van der Waals surface area contributed by atoms with Crippen LogP contribution in [0.5, 0.6) is 0 Å². The van der Waals surface area contributed by atoms with Crippen molar-refractivity contribution < 1.29 is 4.79 Å². The van der Waals surface area contributed by atoms with Crippen molar-refractivity contribution in [1.29, 1.82) is 0 Å². The number of aliphatic imine (C=N–C) groups is 1. The summed E-state index contributed by atoms with van der Waals surface area (Å²) in [5.74, 6) is 0.582. The number of hydrogen-bond acceptors (Lipinski definition) is 3. The van der Waals surface area contributed by atoms with Crippen LogP contribution in [-0.4, -0.2) is 29.4 Å². The molecule has 1 aromatic rings. The second-order valence-electron chi connectivity index (χ2n) is 3.93. The van der Waals surface area contributed by atoms with Crippen LogP contribution < -0.4 is 11.1 Å². The van der Waals surface area contributed by atoms with E-state index >= 15 is 0 Å². The standard InChI is InChI=1S/C12H15N3OS/c13-11(16)7-14-12-15-10(8-17-12)6-9-4-2-1-3-5-9/h1-5,10H,6-8H2,(H2,13,16)(H,14,15). The Bertz CT molecular complexity index is 419. The number of carbonyl (C=O) groups is 1. The van der Waals surface area contributed by atoms with Crippen molar-refractivity contribution in [3.05, 3.63) is 35.9 Å². The zero-order chi connectivity index (χ0) is 12.1. The Hall–Kier alpha value is -1.49. The number of hydrogen-bond donors (Lipinski definition) is 2. The molecule has 1 atom stereocenters. The number of amidine groups is 1. The Morgan fingerprint density at radius 3 is 2.94 bits per heavy atom. The van der Waals surface area contributed by atoms with Crippen LogP contribution in [0.4, 0.5) is 0 Å². The summed E-state index contributed by atoms with van der Waals surface area (Å²) in [5.41, 5.74) is 6.35. The van der Waals surface area contributed by atoms with Crippen LogP contribution >= 0.6 is 11.8 Å². The average Bonchev–Trinajstić information content (AvgIpc) is 2.75. The molecule has 17 heavy (non-hydrogen) atoms. The van der Waals surface area contributed by atoms with Gasteiger partial charge in [0.15, 0.2) is 5.17 Å². The monoisotopic (exact) mass is 249 g/mol. The number of thioether (sulfide) groups is 1. The lowest BCUT2D eigenvalue weighted by Gasteiger charge is -2.09. The van der Waals surface area contributed by atoms with E-state index in [0.29, 0.717) is 6.04 Å². The maximum Gasteiger partial charge on any atom is 0.239 e. The zero-order valence-electron chi connectivity index (χ0n) is 9.43. The summed E-state index contributed by atoms with van der Waals surface area (Å²) in [7, 11) is 0. The van der Waals surface area contributed by atoms with Gasteiger partial charge in [0.05, 0.1) is 0 Å². The van der Waals surface area contributed by atoms with Gasteiger partial charge in [0.2, 0.25) is 5.91 Å². The van der Waals surface area contributed by atoms with Gasteiger partial charge in [0.25, 0.3) is 0 Å². The highest BCUT2D eigenvalue weighted by atomic mass is 32.2. The van der Waals surface area contributed by atoms with E-state index in [4.69, 9.17) is 5.73 Å². The second-order valence-corrected chi connectivity index (χ2v) is 4.94. The van der Waals surface area contributed by atoms with E-state index in [1.165, 1.54) is 5.56 Å². The molecule has 2 rings (SSSR count). The molecule has 1 aliphatic heterocycles. The van der Waals surface area contributed by atoms with E-state index in [1.807, 2.05) is 18.2 Å². The van der Waals surface area contributed by atoms with E-state index in [9.17, 15) is 4.79 Å². The maximum atomic E-state index is 10.6. The first-order chi connectivity index (χ1) is 8.24. The van der Waals surface area contributed by atoms with Crippen molar-refractivity contribution in [2.75, 3.05) is 12.3 Å². The summed E-state index contributed by atoms with van der Waals surface area (Å²) in [6.45, 7) is 0.0629. The molecule has 4 nitrogen and oxygen atoms in total. The largest absolute Gasteiger partial charge is 0.368 e. The number of carbonyl (C=O) groups excluding carboxylic acids is 1. The van der Waals surface area contributed by atoms with E-state index in [0.717, 1.165) is 17.3 Å². The Labute approximate surface area is 105 Å². The fraction of sp³-hybridized carbons (Fsp3) is 0.333. The van der Waals surface area contributed by atoms with Crippen LogP contribution in [0.1, 0.15) is 5.56 Å². The number of nitrogens with one attached hydrogen (secondary N) is 1. The molecule has 3 N–H and O–H groups in total. The number of nitrogens with zero attached hydrogens (tertiary/aromatic N) is 1. The van der Waals surface area contributed by atoms with Gasteiger partial charge in [-0.1, -0.05) is 42.1 Å². The minimum absolute atomic E-state index is 0.0629. The SMILES string of the molecule is NC(=O)CN=C1NC(Cc2ccccc2)CS1. The lowest BCUT2D eigenvalue weighted by molar-refractivity contribution is -0.116. The smallest absolute Gasteiger partial charge is 0.239 e. The van der Waals surface area contributed by atoms with Crippen LogP contribution in [0.15, 0.2) is 35.3 Å². The van der Waals surface area contributed by atoms with Gasteiger partial charge in [-0.15, -0.1) is 0 Å². The van der Waals surface area contributed by atoms with Crippen LogP contribution in [0.3, 0.4) is 0 Å². The van der Waals surface area contributed by atoms with E-state index in [2.05, 4.69) is 22.4 Å². The van der Waals surface area contributed by atoms with Crippen molar-refractivity contribution in [2.45, 2.75) is 12.5 Å². The van der Waals surface area contributed by atoms with E-state index < -0.39 is 5.91 Å². The van der Waals surface area contributed by atoms with Gasteiger partial charge in [-0.25, -0.2) is 0 Å². The van der Waals surface area contributed by atoms with Gasteiger partial charge in [-0.05, 0) is 12.0 Å². The molecule has 0 radical (unpaired) electrons. The molecular weight excluding hydrogens is 234 g/mol. The minimum Gasteiger partial charge on any atom is -0.368 e. The van der Waals surface area contributed by atoms with Crippen molar-refractivity contribution in [3.63, 3.8) is 0 Å². The molecule has 0 spiro atoms. The molecule has 1 aliphatic rings. The van der Waals surface area contributed by atoms with Gasteiger partial charge in [0, 0.05) is 11.8 Å². The molecule has 0 saturated carbocycles. The zero-order valence-corrected chi connectivity index (χ0v) is 10.2. The molecule has 0 aromatic heterocycles. The third kappa shape index (κ3) is 3.78. The predicted molar refractivity (Wildman–Crippen MR) is 71.0 cm³/mol. The number of primary amides is 1. The summed E-state index contributed by atoms with van der Waals surface area (Å²) in [5, 5.41) is 4.12. The fourth-order valence-electron chi connectivity index (χ4n) is 1.69. The lowest BCUT2D eigenvalue weighted by atomic mass is 10.1. The second kappa shape index (κ2) is 5.72. The normalized spacial score (nSPS) is 21.4. The highest BCUT2D eigenvalue weighted by Gasteiger charge is 2.20. The van der Waals surface area contributed by atoms with Crippen molar-refractivity contribution in [1.82, 2.24) is 5.32 Å². The molecular formula is C12H15N3OS. The van der Waals surface area contributed by atoms with Crippen molar-refractivity contribution in [3.8, 4) is 0 Å². The fourth-order valence-corrected chi connectivity index (χ4v) is 2.65. The van der Waals surface area contributed by atoms with Crippen LogP contribution in [-0.2, 0) is 11.2 Å². The topological polar surface area (TPSA) is 67.5 Å². The summed E-state index contributed by atoms with van der Waals surface area (Å²) < 4.78 is 0. The first-order valence-electron chi connectivity index (χ1n) is 5.50. The number of rotatable bonds is 4. The number of nitrogens with two attached hydrogens (primary N) is 1. The van der Waals surface area contributed by atoms with E-state index in [-0.39, 0.29) is 6.54 Å². The third-order valence-corrected chi connectivity index (χ3v) is 3.54. The molecule has 90 valence electrons. The van der Waals surface area contributed by atoms with Gasteiger partial charge in [-0.2, -0.15) is 0 Å². The molecule has 0 bridgehead atoms.